The van der Waals surface area contributed by atoms with Crippen LogP contribution >= 0.6 is 0 Å². The lowest BCUT2D eigenvalue weighted by Crippen LogP contribution is -2.43. The molecule has 2 N–H and O–H groups in total. The van der Waals surface area contributed by atoms with Gasteiger partial charge < -0.3 is 14.5 Å². The van der Waals surface area contributed by atoms with Crippen LogP contribution in [0.25, 0.3) is 0 Å². The Morgan fingerprint density at radius 1 is 1.03 bits per heavy atom. The second kappa shape index (κ2) is 11.2. The number of hydrogen-bond donors (Lipinski definition) is 2. The first-order valence-electron chi connectivity index (χ1n) is 10.1. The molecular weight excluding hydrogens is 388 g/mol. The molecule has 1 saturated heterocycles. The molecule has 0 bridgehead atoms. The molecule has 0 unspecified atom stereocenters. The Morgan fingerprint density at radius 2 is 1.67 bits per heavy atom. The number of hydrogen-bond acceptors (Lipinski definition) is 6. The summed E-state index contributed by atoms with van der Waals surface area (Å²) in [6.45, 7) is 3.07. The van der Waals surface area contributed by atoms with Crippen molar-refractivity contribution in [3.63, 3.8) is 0 Å². The molecular formula is C21H30N4O5. The number of nitrogens with one attached hydrogen (secondary N) is 2. The van der Waals surface area contributed by atoms with Gasteiger partial charge in [-0.3, -0.25) is 30.0 Å². The molecule has 1 aromatic rings. The van der Waals surface area contributed by atoms with Gasteiger partial charge >= 0.3 is 5.97 Å². The Bertz CT molecular complexity index is 755. The number of ether oxygens (including phenoxy) is 1. The summed E-state index contributed by atoms with van der Waals surface area (Å²) in [5, 5.41) is 0. The van der Waals surface area contributed by atoms with Crippen LogP contribution in [0.4, 0.5) is 5.69 Å². The Labute approximate surface area is 176 Å². The third kappa shape index (κ3) is 6.75. The number of esters is 1. The van der Waals surface area contributed by atoms with Gasteiger partial charge in [-0.15, -0.1) is 0 Å². The average Bonchev–Trinajstić information content (AvgIpc) is 2.76. The largest absolute Gasteiger partial charge is 0.466 e. The SMILES string of the molecule is CCOC(=O)C1CCN(C(=O)CCC(=O)NNC(=O)c2ccc(N(C)C)cc2)CC1. The lowest BCUT2D eigenvalue weighted by Gasteiger charge is -2.30. The standard InChI is InChI=1S/C21H30N4O5/c1-4-30-21(29)16-11-13-25(14-12-16)19(27)10-9-18(26)22-23-20(28)15-5-7-17(8-6-15)24(2)3/h5-8,16H,4,9-14H2,1-3H3,(H,22,26)(H,23,28). The van der Waals surface area contributed by atoms with Crippen LogP contribution in [0.5, 0.6) is 0 Å². The van der Waals surface area contributed by atoms with E-state index in [4.69, 9.17) is 4.74 Å². The molecule has 3 amide bonds. The number of likely N-dealkylation sites (tertiary alicyclic amines) is 1. The van der Waals surface area contributed by atoms with Crippen molar-refractivity contribution in [3.05, 3.63) is 29.8 Å². The van der Waals surface area contributed by atoms with Crippen molar-refractivity contribution in [2.45, 2.75) is 32.6 Å². The highest BCUT2D eigenvalue weighted by Crippen LogP contribution is 2.19. The second-order valence-corrected chi connectivity index (χ2v) is 7.35. The van der Waals surface area contributed by atoms with Crippen LogP contribution in [0.3, 0.4) is 0 Å². The minimum atomic E-state index is -0.442. The van der Waals surface area contributed by atoms with Gasteiger partial charge in [0.15, 0.2) is 0 Å². The van der Waals surface area contributed by atoms with Gasteiger partial charge in [0, 0.05) is 51.3 Å². The quantitative estimate of drug-likeness (QED) is 0.507. The molecule has 0 aromatic heterocycles. The van der Waals surface area contributed by atoms with Gasteiger partial charge in [-0.25, -0.2) is 0 Å². The Balaban J connectivity index is 1.68. The van der Waals surface area contributed by atoms with Gasteiger partial charge in [0.1, 0.15) is 0 Å². The van der Waals surface area contributed by atoms with E-state index < -0.39 is 11.8 Å². The van der Waals surface area contributed by atoms with Crippen molar-refractivity contribution in [1.82, 2.24) is 15.8 Å². The van der Waals surface area contributed by atoms with E-state index in [2.05, 4.69) is 10.9 Å². The van der Waals surface area contributed by atoms with Gasteiger partial charge in [-0.2, -0.15) is 0 Å². The average molecular weight is 418 g/mol. The molecule has 30 heavy (non-hydrogen) atoms. The third-order valence-corrected chi connectivity index (χ3v) is 4.99. The highest BCUT2D eigenvalue weighted by Gasteiger charge is 2.28. The Hall–Kier alpha value is -3.10. The number of hydrazine groups is 1. The van der Waals surface area contributed by atoms with Gasteiger partial charge in [0.25, 0.3) is 5.91 Å². The van der Waals surface area contributed by atoms with E-state index in [1.165, 1.54) is 0 Å². The zero-order valence-electron chi connectivity index (χ0n) is 17.8. The lowest BCUT2D eigenvalue weighted by atomic mass is 9.97. The maximum absolute atomic E-state index is 12.3. The Kier molecular flexibility index (Phi) is 8.64. The molecule has 1 heterocycles. The van der Waals surface area contributed by atoms with Crippen LogP contribution < -0.4 is 15.8 Å². The number of benzene rings is 1. The van der Waals surface area contributed by atoms with Crippen molar-refractivity contribution >= 4 is 29.4 Å². The minimum Gasteiger partial charge on any atom is -0.466 e. The fourth-order valence-electron chi connectivity index (χ4n) is 3.18. The monoisotopic (exact) mass is 418 g/mol. The molecule has 1 aromatic carbocycles. The van der Waals surface area contributed by atoms with Crippen LogP contribution in [0, 0.1) is 5.92 Å². The van der Waals surface area contributed by atoms with Crippen molar-refractivity contribution in [2.75, 3.05) is 38.7 Å². The third-order valence-electron chi connectivity index (χ3n) is 4.99. The number of anilines is 1. The topological polar surface area (TPSA) is 108 Å². The molecule has 2 rings (SSSR count). The first-order chi connectivity index (χ1) is 14.3. The number of carbonyl (C=O) groups is 4. The molecule has 1 fully saturated rings. The lowest BCUT2D eigenvalue weighted by molar-refractivity contribution is -0.151. The fourth-order valence-corrected chi connectivity index (χ4v) is 3.18. The van der Waals surface area contributed by atoms with E-state index >= 15 is 0 Å². The molecule has 0 atom stereocenters. The summed E-state index contributed by atoms with van der Waals surface area (Å²) in [6.07, 6.45) is 1.15. The zero-order chi connectivity index (χ0) is 22.1. The second-order valence-electron chi connectivity index (χ2n) is 7.35. The molecule has 0 radical (unpaired) electrons. The summed E-state index contributed by atoms with van der Waals surface area (Å²) >= 11 is 0. The van der Waals surface area contributed by atoms with Gasteiger partial charge in [0.2, 0.25) is 11.8 Å². The minimum absolute atomic E-state index is 0.0313. The molecule has 0 spiro atoms. The summed E-state index contributed by atoms with van der Waals surface area (Å²) in [4.78, 5) is 51.7. The van der Waals surface area contributed by atoms with Gasteiger partial charge in [-0.05, 0) is 44.0 Å². The normalized spacial score (nSPS) is 14.0. The van der Waals surface area contributed by atoms with Crippen LogP contribution in [-0.2, 0) is 19.1 Å². The van der Waals surface area contributed by atoms with E-state index in [1.54, 1.807) is 36.1 Å². The maximum Gasteiger partial charge on any atom is 0.309 e. The molecule has 9 heteroatoms. The van der Waals surface area contributed by atoms with E-state index in [-0.39, 0.29) is 30.6 Å². The van der Waals surface area contributed by atoms with E-state index in [9.17, 15) is 19.2 Å². The van der Waals surface area contributed by atoms with E-state index in [1.807, 2.05) is 19.0 Å². The molecule has 164 valence electrons. The van der Waals surface area contributed by atoms with Gasteiger partial charge in [-0.1, -0.05) is 0 Å². The fraction of sp³-hybridized carbons (Fsp3) is 0.524. The molecule has 0 aliphatic carbocycles. The number of rotatable bonds is 7. The van der Waals surface area contributed by atoms with Gasteiger partial charge in [0.05, 0.1) is 12.5 Å². The van der Waals surface area contributed by atoms with Crippen molar-refractivity contribution in [3.8, 4) is 0 Å². The number of amides is 3. The smallest absolute Gasteiger partial charge is 0.309 e. The number of nitrogens with zero attached hydrogens (tertiary/aromatic N) is 2. The van der Waals surface area contributed by atoms with E-state index in [0.29, 0.717) is 38.1 Å². The first-order valence-corrected chi connectivity index (χ1v) is 10.1. The molecule has 1 aliphatic heterocycles. The summed E-state index contributed by atoms with van der Waals surface area (Å²) in [5.74, 6) is -1.39. The van der Waals surface area contributed by atoms with Crippen molar-refractivity contribution in [1.29, 1.82) is 0 Å². The van der Waals surface area contributed by atoms with Crippen molar-refractivity contribution < 1.29 is 23.9 Å². The number of carbonyl (C=O) groups excluding carboxylic acids is 4. The predicted octanol–water partition coefficient (Wildman–Crippen LogP) is 1.10. The summed E-state index contributed by atoms with van der Waals surface area (Å²) in [5.41, 5.74) is 6.06. The van der Waals surface area contributed by atoms with Crippen molar-refractivity contribution in [2.24, 2.45) is 5.92 Å². The predicted molar refractivity (Wildman–Crippen MR) is 112 cm³/mol. The molecule has 0 saturated carbocycles. The summed E-state index contributed by atoms with van der Waals surface area (Å²) < 4.78 is 5.02. The summed E-state index contributed by atoms with van der Waals surface area (Å²) in [7, 11) is 3.80. The maximum atomic E-state index is 12.3. The highest BCUT2D eigenvalue weighted by atomic mass is 16.5. The van der Waals surface area contributed by atoms with Crippen LogP contribution in [0.15, 0.2) is 24.3 Å². The number of piperidine rings is 1. The highest BCUT2D eigenvalue weighted by molar-refractivity contribution is 5.96. The van der Waals surface area contributed by atoms with Crippen LogP contribution in [0.1, 0.15) is 43.0 Å². The van der Waals surface area contributed by atoms with Crippen LogP contribution in [0.2, 0.25) is 0 Å². The van der Waals surface area contributed by atoms with E-state index in [0.717, 1.165) is 5.69 Å². The van der Waals surface area contributed by atoms with Crippen LogP contribution in [-0.4, -0.2) is 62.4 Å². The Morgan fingerprint density at radius 3 is 2.23 bits per heavy atom. The molecule has 1 aliphatic rings. The zero-order valence-corrected chi connectivity index (χ0v) is 17.8. The molecule has 9 nitrogen and oxygen atoms in total. The first kappa shape index (κ1) is 23.2. The summed E-state index contributed by atoms with van der Waals surface area (Å²) in [6, 6.07) is 6.95.